The second-order valence-corrected chi connectivity index (χ2v) is 5.28. The zero-order valence-corrected chi connectivity index (χ0v) is 12.8. The third-order valence-electron chi connectivity index (χ3n) is 3.70. The molecule has 1 aromatic heterocycles. The van der Waals surface area contributed by atoms with E-state index in [0.29, 0.717) is 18.9 Å². The molecule has 0 radical (unpaired) electrons. The Balaban J connectivity index is 0.00000200. The van der Waals surface area contributed by atoms with Crippen molar-refractivity contribution in [2.75, 3.05) is 33.4 Å². The smallest absolute Gasteiger partial charge is 0.287 e. The summed E-state index contributed by atoms with van der Waals surface area (Å²) in [5.74, 6) is 0.972. The van der Waals surface area contributed by atoms with Crippen LogP contribution in [0.2, 0.25) is 0 Å². The van der Waals surface area contributed by atoms with Gasteiger partial charge < -0.3 is 19.8 Å². The van der Waals surface area contributed by atoms with Crippen molar-refractivity contribution < 1.29 is 13.9 Å². The molecule has 2 heterocycles. The molecule has 2 rings (SSSR count). The van der Waals surface area contributed by atoms with Gasteiger partial charge in [-0.3, -0.25) is 4.79 Å². The molecule has 1 aromatic rings. The minimum absolute atomic E-state index is 0. The number of carbonyl (C=O) groups excluding carboxylic acids is 1. The molecule has 0 atom stereocenters. The number of furan rings is 1. The number of ether oxygens (including phenoxy) is 1. The molecule has 1 amide bonds. The Morgan fingerprint density at radius 2 is 2.15 bits per heavy atom. The maximum atomic E-state index is 12.0. The number of piperidine rings is 1. The lowest BCUT2D eigenvalue weighted by molar-refractivity contribution is 0.0506. The van der Waals surface area contributed by atoms with Gasteiger partial charge in [0.1, 0.15) is 5.76 Å². The fourth-order valence-corrected chi connectivity index (χ4v) is 2.55. The average Bonchev–Trinajstić information content (AvgIpc) is 2.84. The zero-order valence-electron chi connectivity index (χ0n) is 12.0. The largest absolute Gasteiger partial charge is 0.456 e. The second kappa shape index (κ2) is 7.67. The highest BCUT2D eigenvalue weighted by Gasteiger charge is 2.32. The van der Waals surface area contributed by atoms with Crippen molar-refractivity contribution in [2.45, 2.75) is 19.8 Å². The standard InChI is InChI=1S/C14H22N2O3.ClH/c1-11-3-4-12(19-11)13(17)16-9-14(10-18-2)5-7-15-8-6-14;/h3-4,15H,5-10H2,1-2H3,(H,16,17);1H. The topological polar surface area (TPSA) is 63.5 Å². The van der Waals surface area contributed by atoms with Crippen LogP contribution in [-0.4, -0.2) is 39.3 Å². The monoisotopic (exact) mass is 302 g/mol. The molecule has 0 spiro atoms. The van der Waals surface area contributed by atoms with E-state index in [-0.39, 0.29) is 23.7 Å². The highest BCUT2D eigenvalue weighted by atomic mass is 35.5. The Hall–Kier alpha value is -1.04. The molecule has 0 saturated carbocycles. The Kier molecular flexibility index (Phi) is 6.52. The number of halogens is 1. The molecule has 1 aliphatic heterocycles. The first-order valence-corrected chi connectivity index (χ1v) is 6.69. The van der Waals surface area contributed by atoms with Gasteiger partial charge in [0, 0.05) is 19.1 Å². The molecule has 0 unspecified atom stereocenters. The fourth-order valence-electron chi connectivity index (χ4n) is 2.55. The van der Waals surface area contributed by atoms with Gasteiger partial charge in [-0.2, -0.15) is 0 Å². The average molecular weight is 303 g/mol. The van der Waals surface area contributed by atoms with E-state index in [1.54, 1.807) is 19.2 Å². The minimum atomic E-state index is -0.151. The van der Waals surface area contributed by atoms with Crippen LogP contribution >= 0.6 is 12.4 Å². The first-order chi connectivity index (χ1) is 9.15. The number of aryl methyl sites for hydroxylation is 1. The number of methoxy groups -OCH3 is 1. The third-order valence-corrected chi connectivity index (χ3v) is 3.70. The molecule has 1 aliphatic rings. The number of hydrogen-bond acceptors (Lipinski definition) is 4. The third kappa shape index (κ3) is 4.23. The molecule has 6 heteroatoms. The zero-order chi connectivity index (χ0) is 13.7. The van der Waals surface area contributed by atoms with Gasteiger partial charge in [-0.1, -0.05) is 0 Å². The molecule has 1 saturated heterocycles. The predicted octanol–water partition coefficient (Wildman–Crippen LogP) is 1.76. The number of nitrogens with one attached hydrogen (secondary N) is 2. The summed E-state index contributed by atoms with van der Waals surface area (Å²) in [7, 11) is 1.71. The van der Waals surface area contributed by atoms with E-state index in [0.717, 1.165) is 31.7 Å². The van der Waals surface area contributed by atoms with Crippen LogP contribution in [0.1, 0.15) is 29.2 Å². The molecular formula is C14H23ClN2O3. The summed E-state index contributed by atoms with van der Waals surface area (Å²) in [6, 6.07) is 3.50. The first kappa shape index (κ1) is 17.0. The van der Waals surface area contributed by atoms with Gasteiger partial charge in [0.2, 0.25) is 0 Å². The SMILES string of the molecule is COCC1(CNC(=O)c2ccc(C)o2)CCNCC1.Cl. The number of rotatable bonds is 5. The Bertz CT molecular complexity index is 422. The summed E-state index contributed by atoms with van der Waals surface area (Å²) in [6.45, 7) is 5.07. The van der Waals surface area contributed by atoms with Crippen LogP contribution in [0.25, 0.3) is 0 Å². The molecular weight excluding hydrogens is 280 g/mol. The summed E-state index contributed by atoms with van der Waals surface area (Å²) in [6.07, 6.45) is 2.02. The van der Waals surface area contributed by atoms with Crippen LogP contribution in [0.3, 0.4) is 0 Å². The summed E-state index contributed by atoms with van der Waals surface area (Å²) in [5, 5.41) is 6.30. The van der Waals surface area contributed by atoms with Crippen LogP contribution in [0, 0.1) is 12.3 Å². The summed E-state index contributed by atoms with van der Waals surface area (Å²) < 4.78 is 10.6. The maximum absolute atomic E-state index is 12.0. The van der Waals surface area contributed by atoms with Gasteiger partial charge in [-0.25, -0.2) is 0 Å². The normalized spacial score (nSPS) is 17.3. The van der Waals surface area contributed by atoms with Gasteiger partial charge in [0.25, 0.3) is 5.91 Å². The molecule has 20 heavy (non-hydrogen) atoms. The quantitative estimate of drug-likeness (QED) is 0.870. The van der Waals surface area contributed by atoms with Crippen LogP contribution in [0.15, 0.2) is 16.5 Å². The van der Waals surface area contributed by atoms with Gasteiger partial charge in [-0.05, 0) is 45.0 Å². The van der Waals surface area contributed by atoms with E-state index in [4.69, 9.17) is 9.15 Å². The molecule has 0 aromatic carbocycles. The molecule has 1 fully saturated rings. The number of hydrogen-bond donors (Lipinski definition) is 2. The first-order valence-electron chi connectivity index (χ1n) is 6.69. The van der Waals surface area contributed by atoms with E-state index in [2.05, 4.69) is 10.6 Å². The van der Waals surface area contributed by atoms with Crippen LogP contribution < -0.4 is 10.6 Å². The molecule has 2 N–H and O–H groups in total. The van der Waals surface area contributed by atoms with Crippen molar-refractivity contribution in [1.29, 1.82) is 0 Å². The molecule has 114 valence electrons. The van der Waals surface area contributed by atoms with Crippen molar-refractivity contribution in [3.63, 3.8) is 0 Å². The van der Waals surface area contributed by atoms with Crippen LogP contribution in [-0.2, 0) is 4.74 Å². The highest BCUT2D eigenvalue weighted by Crippen LogP contribution is 2.28. The van der Waals surface area contributed by atoms with Crippen molar-refractivity contribution in [3.8, 4) is 0 Å². The van der Waals surface area contributed by atoms with Crippen molar-refractivity contribution >= 4 is 18.3 Å². The lowest BCUT2D eigenvalue weighted by Crippen LogP contribution is -2.47. The Morgan fingerprint density at radius 3 is 2.70 bits per heavy atom. The fraction of sp³-hybridized carbons (Fsp3) is 0.643. The molecule has 0 bridgehead atoms. The van der Waals surface area contributed by atoms with Crippen LogP contribution in [0.5, 0.6) is 0 Å². The van der Waals surface area contributed by atoms with Crippen molar-refractivity contribution in [2.24, 2.45) is 5.41 Å². The summed E-state index contributed by atoms with van der Waals surface area (Å²) >= 11 is 0. The van der Waals surface area contributed by atoms with Gasteiger partial charge >= 0.3 is 0 Å². The van der Waals surface area contributed by atoms with E-state index in [1.807, 2.05) is 6.92 Å². The van der Waals surface area contributed by atoms with E-state index >= 15 is 0 Å². The maximum Gasteiger partial charge on any atom is 0.287 e. The summed E-state index contributed by atoms with van der Waals surface area (Å²) in [4.78, 5) is 12.0. The number of carbonyl (C=O) groups is 1. The molecule has 0 aliphatic carbocycles. The Labute approximate surface area is 125 Å². The second-order valence-electron chi connectivity index (χ2n) is 5.28. The predicted molar refractivity (Wildman–Crippen MR) is 79.4 cm³/mol. The van der Waals surface area contributed by atoms with Crippen molar-refractivity contribution in [1.82, 2.24) is 10.6 Å². The van der Waals surface area contributed by atoms with Gasteiger partial charge in [0.15, 0.2) is 5.76 Å². The van der Waals surface area contributed by atoms with Crippen molar-refractivity contribution in [3.05, 3.63) is 23.7 Å². The minimum Gasteiger partial charge on any atom is -0.456 e. The molecule has 5 nitrogen and oxygen atoms in total. The lowest BCUT2D eigenvalue weighted by Gasteiger charge is -2.37. The van der Waals surface area contributed by atoms with Gasteiger partial charge in [0.05, 0.1) is 6.61 Å². The highest BCUT2D eigenvalue weighted by molar-refractivity contribution is 5.91. The Morgan fingerprint density at radius 1 is 1.45 bits per heavy atom. The lowest BCUT2D eigenvalue weighted by atomic mass is 9.79. The summed E-state index contributed by atoms with van der Waals surface area (Å²) in [5.41, 5.74) is 0.0390. The van der Waals surface area contributed by atoms with Crippen LogP contribution in [0.4, 0.5) is 0 Å². The van der Waals surface area contributed by atoms with E-state index in [1.165, 1.54) is 0 Å². The number of amides is 1. The van der Waals surface area contributed by atoms with E-state index < -0.39 is 0 Å². The van der Waals surface area contributed by atoms with E-state index in [9.17, 15) is 4.79 Å². The van der Waals surface area contributed by atoms with Gasteiger partial charge in [-0.15, -0.1) is 12.4 Å².